The number of amides is 1. The summed E-state index contributed by atoms with van der Waals surface area (Å²) in [6.45, 7) is 0.592. The predicted molar refractivity (Wildman–Crippen MR) is 130 cm³/mol. The maximum absolute atomic E-state index is 12.4. The van der Waals surface area contributed by atoms with E-state index in [1.54, 1.807) is 6.07 Å². The number of benzene rings is 3. The maximum Gasteiger partial charge on any atom is 0.258 e. The summed E-state index contributed by atoms with van der Waals surface area (Å²) in [5.41, 5.74) is 2.60. The van der Waals surface area contributed by atoms with Gasteiger partial charge in [-0.15, -0.1) is 0 Å². The number of rotatable bonds is 7. The van der Waals surface area contributed by atoms with E-state index in [2.05, 4.69) is 45.4 Å². The molecule has 0 aliphatic heterocycles. The van der Waals surface area contributed by atoms with Crippen molar-refractivity contribution in [3.05, 3.63) is 93.6 Å². The first-order valence-electron chi connectivity index (χ1n) is 9.26. The number of para-hydroxylation sites is 2. The lowest BCUT2D eigenvalue weighted by Crippen LogP contribution is -2.34. The second-order valence-corrected chi connectivity index (χ2v) is 7.89. The summed E-state index contributed by atoms with van der Waals surface area (Å²) >= 11 is 7.44. The van der Waals surface area contributed by atoms with Crippen LogP contribution in [-0.2, 0) is 6.42 Å². The number of aryl methyl sites for hydroxylation is 1. The average molecular weight is 516 g/mol. The van der Waals surface area contributed by atoms with Crippen LogP contribution in [0.15, 0.2) is 78.9 Å². The monoisotopic (exact) mass is 516 g/mol. The molecule has 0 radical (unpaired) electrons. The number of carbonyl (C=O) groups is 1. The van der Waals surface area contributed by atoms with Crippen molar-refractivity contribution in [2.24, 2.45) is 0 Å². The zero-order valence-corrected chi connectivity index (χ0v) is 18.7. The number of nitrogens with one attached hydrogen (secondary N) is 2. The van der Waals surface area contributed by atoms with Crippen LogP contribution < -0.4 is 15.4 Å². The zero-order valence-electron chi connectivity index (χ0n) is 15.7. The van der Waals surface area contributed by atoms with Crippen molar-refractivity contribution in [1.29, 1.82) is 0 Å². The molecule has 0 saturated carbocycles. The third kappa shape index (κ3) is 6.54. The van der Waals surface area contributed by atoms with E-state index in [4.69, 9.17) is 17.0 Å². The Labute approximate surface area is 189 Å². The highest BCUT2D eigenvalue weighted by atomic mass is 127. The van der Waals surface area contributed by atoms with E-state index in [-0.39, 0.29) is 11.0 Å². The van der Waals surface area contributed by atoms with Crippen molar-refractivity contribution in [3.8, 4) is 5.75 Å². The van der Waals surface area contributed by atoms with Gasteiger partial charge in [-0.3, -0.25) is 10.1 Å². The molecule has 0 saturated heterocycles. The van der Waals surface area contributed by atoms with Gasteiger partial charge in [0.15, 0.2) is 5.11 Å². The van der Waals surface area contributed by atoms with Gasteiger partial charge in [-0.1, -0.05) is 54.6 Å². The van der Waals surface area contributed by atoms with E-state index in [0.717, 1.165) is 22.1 Å². The highest BCUT2D eigenvalue weighted by Crippen LogP contribution is 2.24. The Morgan fingerprint density at radius 2 is 1.62 bits per heavy atom. The highest BCUT2D eigenvalue weighted by molar-refractivity contribution is 14.1. The van der Waals surface area contributed by atoms with Gasteiger partial charge in [0.25, 0.3) is 5.91 Å². The normalized spacial score (nSPS) is 10.2. The molecule has 3 aromatic rings. The lowest BCUT2D eigenvalue weighted by atomic mass is 10.1. The molecule has 0 heterocycles. The minimum atomic E-state index is -0.242. The molecule has 0 aromatic heterocycles. The van der Waals surface area contributed by atoms with Crippen LogP contribution in [0.4, 0.5) is 5.69 Å². The van der Waals surface area contributed by atoms with Crippen LogP contribution in [0.5, 0.6) is 5.75 Å². The van der Waals surface area contributed by atoms with Gasteiger partial charge < -0.3 is 10.1 Å². The van der Waals surface area contributed by atoms with Crippen LogP contribution in [0, 0.1) is 3.57 Å². The molecule has 0 atom stereocenters. The minimum Gasteiger partial charge on any atom is -0.491 e. The quantitative estimate of drug-likeness (QED) is 0.250. The first kappa shape index (κ1) is 21.3. The first-order valence-corrected chi connectivity index (χ1v) is 10.7. The Morgan fingerprint density at radius 1 is 0.931 bits per heavy atom. The third-order valence-corrected chi connectivity index (χ3v) is 5.34. The van der Waals surface area contributed by atoms with Gasteiger partial charge in [-0.2, -0.15) is 0 Å². The van der Waals surface area contributed by atoms with E-state index >= 15 is 0 Å². The number of ether oxygens (including phenoxy) is 1. The molecular formula is C23H21IN2O2S. The van der Waals surface area contributed by atoms with Crippen LogP contribution in [-0.4, -0.2) is 17.6 Å². The molecule has 0 bridgehead atoms. The summed E-state index contributed by atoms with van der Waals surface area (Å²) in [4.78, 5) is 12.4. The second-order valence-electron chi connectivity index (χ2n) is 6.32. The fourth-order valence-electron chi connectivity index (χ4n) is 2.77. The number of carbonyl (C=O) groups excluding carboxylic acids is 1. The van der Waals surface area contributed by atoms with Crippen LogP contribution in [0.3, 0.4) is 0 Å². The van der Waals surface area contributed by atoms with Crippen molar-refractivity contribution < 1.29 is 9.53 Å². The molecule has 3 rings (SSSR count). The van der Waals surface area contributed by atoms with Gasteiger partial charge in [-0.25, -0.2) is 0 Å². The molecule has 148 valence electrons. The standard InChI is InChI=1S/C23H21IN2O2S/c24-19-13-5-4-12-18(19)22(27)26-23(29)25-20-14-6-7-15-21(20)28-16-8-11-17-9-2-1-3-10-17/h1-7,9-10,12-15H,8,11,16H2,(H2,25,26,27,29). The molecule has 0 aliphatic carbocycles. The van der Waals surface area contributed by atoms with Gasteiger partial charge in [0.1, 0.15) is 5.75 Å². The first-order chi connectivity index (χ1) is 14.1. The summed E-state index contributed by atoms with van der Waals surface area (Å²) in [6.07, 6.45) is 1.87. The van der Waals surface area contributed by atoms with Gasteiger partial charge in [0.2, 0.25) is 0 Å². The highest BCUT2D eigenvalue weighted by Gasteiger charge is 2.12. The zero-order chi connectivity index (χ0) is 20.5. The lowest BCUT2D eigenvalue weighted by Gasteiger charge is -2.14. The molecule has 0 aliphatic rings. The molecule has 1 amide bonds. The van der Waals surface area contributed by atoms with Crippen molar-refractivity contribution in [2.75, 3.05) is 11.9 Å². The number of halogens is 1. The summed E-state index contributed by atoms with van der Waals surface area (Å²) < 4.78 is 6.80. The number of thiocarbonyl (C=S) groups is 1. The van der Waals surface area contributed by atoms with Gasteiger partial charge in [0.05, 0.1) is 17.9 Å². The van der Waals surface area contributed by atoms with Gasteiger partial charge in [-0.05, 0) is 77.5 Å². The molecule has 0 unspecified atom stereocenters. The average Bonchev–Trinajstić information content (AvgIpc) is 2.73. The minimum absolute atomic E-state index is 0.231. The van der Waals surface area contributed by atoms with Crippen LogP contribution >= 0.6 is 34.8 Å². The molecular weight excluding hydrogens is 495 g/mol. The van der Waals surface area contributed by atoms with Crippen molar-refractivity contribution in [1.82, 2.24) is 5.32 Å². The smallest absolute Gasteiger partial charge is 0.258 e. The largest absolute Gasteiger partial charge is 0.491 e. The Hall–Kier alpha value is -2.45. The molecule has 29 heavy (non-hydrogen) atoms. The Bertz CT molecular complexity index is 979. The van der Waals surface area contributed by atoms with Crippen LogP contribution in [0.1, 0.15) is 22.3 Å². The topological polar surface area (TPSA) is 50.4 Å². The summed E-state index contributed by atoms with van der Waals surface area (Å²) in [5, 5.41) is 6.02. The fourth-order valence-corrected chi connectivity index (χ4v) is 3.60. The van der Waals surface area contributed by atoms with Gasteiger partial charge in [0, 0.05) is 3.57 Å². The number of hydrogen-bond acceptors (Lipinski definition) is 3. The van der Waals surface area contributed by atoms with E-state index in [1.807, 2.05) is 60.7 Å². The Balaban J connectivity index is 1.53. The molecule has 4 nitrogen and oxygen atoms in total. The van der Waals surface area contributed by atoms with E-state index in [9.17, 15) is 4.79 Å². The maximum atomic E-state index is 12.4. The Morgan fingerprint density at radius 3 is 2.41 bits per heavy atom. The van der Waals surface area contributed by atoms with Crippen molar-refractivity contribution in [3.63, 3.8) is 0 Å². The summed E-state index contributed by atoms with van der Waals surface area (Å²) in [7, 11) is 0. The van der Waals surface area contributed by atoms with Crippen LogP contribution in [0.2, 0.25) is 0 Å². The Kier molecular flexibility index (Phi) is 8.01. The third-order valence-electron chi connectivity index (χ3n) is 4.19. The molecule has 0 spiro atoms. The molecule has 0 fully saturated rings. The summed E-state index contributed by atoms with van der Waals surface area (Å²) in [5.74, 6) is 0.459. The lowest BCUT2D eigenvalue weighted by molar-refractivity contribution is 0.0977. The van der Waals surface area contributed by atoms with Gasteiger partial charge >= 0.3 is 0 Å². The van der Waals surface area contributed by atoms with Crippen LogP contribution in [0.25, 0.3) is 0 Å². The number of anilines is 1. The van der Waals surface area contributed by atoms with E-state index in [0.29, 0.717) is 17.9 Å². The van der Waals surface area contributed by atoms with E-state index in [1.165, 1.54) is 5.56 Å². The summed E-state index contributed by atoms with van der Waals surface area (Å²) in [6, 6.07) is 25.3. The predicted octanol–water partition coefficient (Wildman–Crippen LogP) is 5.43. The van der Waals surface area contributed by atoms with E-state index < -0.39 is 0 Å². The molecule has 6 heteroatoms. The van der Waals surface area contributed by atoms with Crippen molar-refractivity contribution >= 4 is 51.5 Å². The second kappa shape index (κ2) is 10.9. The number of hydrogen-bond donors (Lipinski definition) is 2. The molecule has 3 aromatic carbocycles. The van der Waals surface area contributed by atoms with Crippen molar-refractivity contribution in [2.45, 2.75) is 12.8 Å². The fraction of sp³-hybridized carbons (Fsp3) is 0.130. The molecule has 2 N–H and O–H groups in total. The SMILES string of the molecule is O=C(NC(=S)Nc1ccccc1OCCCc1ccccc1)c1ccccc1I.